The van der Waals surface area contributed by atoms with Gasteiger partial charge < -0.3 is 10.6 Å². The molecule has 1 fully saturated rings. The first kappa shape index (κ1) is 12.4. The quantitative estimate of drug-likeness (QED) is 0.889. The lowest BCUT2D eigenvalue weighted by molar-refractivity contribution is 1.02. The molecule has 0 radical (unpaired) electrons. The van der Waals surface area contributed by atoms with Crippen LogP contribution in [0.1, 0.15) is 24.2 Å². The second-order valence-electron chi connectivity index (χ2n) is 4.92. The molecule has 2 N–H and O–H groups in total. The van der Waals surface area contributed by atoms with Crippen molar-refractivity contribution in [2.75, 3.05) is 10.6 Å². The molecule has 5 nitrogen and oxygen atoms in total. The van der Waals surface area contributed by atoms with Crippen LogP contribution in [0.4, 0.5) is 17.3 Å². The fourth-order valence-electron chi connectivity index (χ4n) is 1.92. The largest absolute Gasteiger partial charge is 0.367 e. The monoisotopic (exact) mass is 265 g/mol. The van der Waals surface area contributed by atoms with Crippen molar-refractivity contribution in [3.8, 4) is 6.07 Å². The second kappa shape index (κ2) is 5.17. The molecule has 1 saturated carbocycles. The summed E-state index contributed by atoms with van der Waals surface area (Å²) in [7, 11) is 0. The SMILES string of the molecule is Cc1nc(Nc2ccc(C#N)cc2)cc(NC2CC2)n1. The minimum Gasteiger partial charge on any atom is -0.367 e. The van der Waals surface area contributed by atoms with Gasteiger partial charge in [-0.3, -0.25) is 0 Å². The van der Waals surface area contributed by atoms with Crippen LogP contribution in [-0.2, 0) is 0 Å². The van der Waals surface area contributed by atoms with E-state index in [1.54, 1.807) is 12.1 Å². The molecular formula is C15H15N5. The van der Waals surface area contributed by atoms with Crippen LogP contribution in [0.5, 0.6) is 0 Å². The number of rotatable bonds is 4. The average Bonchev–Trinajstić information content (AvgIpc) is 3.23. The first-order chi connectivity index (χ1) is 9.72. The van der Waals surface area contributed by atoms with Gasteiger partial charge in [-0.2, -0.15) is 5.26 Å². The zero-order valence-corrected chi connectivity index (χ0v) is 11.2. The number of nitrogens with one attached hydrogen (secondary N) is 2. The molecule has 1 aliphatic carbocycles. The first-order valence-corrected chi connectivity index (χ1v) is 6.62. The van der Waals surface area contributed by atoms with Gasteiger partial charge in [0.1, 0.15) is 17.5 Å². The summed E-state index contributed by atoms with van der Waals surface area (Å²) in [5.74, 6) is 2.34. The third-order valence-electron chi connectivity index (χ3n) is 3.05. The van der Waals surface area contributed by atoms with E-state index in [2.05, 4.69) is 26.7 Å². The maximum atomic E-state index is 8.78. The van der Waals surface area contributed by atoms with Gasteiger partial charge in [0.2, 0.25) is 0 Å². The molecule has 5 heteroatoms. The summed E-state index contributed by atoms with van der Waals surface area (Å²) >= 11 is 0. The predicted molar refractivity (Wildman–Crippen MR) is 77.9 cm³/mol. The second-order valence-corrected chi connectivity index (χ2v) is 4.92. The third-order valence-corrected chi connectivity index (χ3v) is 3.05. The van der Waals surface area contributed by atoms with Crippen molar-refractivity contribution in [1.82, 2.24) is 9.97 Å². The summed E-state index contributed by atoms with van der Waals surface area (Å²) in [5, 5.41) is 15.4. The van der Waals surface area contributed by atoms with E-state index in [1.165, 1.54) is 12.8 Å². The van der Waals surface area contributed by atoms with Crippen molar-refractivity contribution < 1.29 is 0 Å². The number of anilines is 3. The van der Waals surface area contributed by atoms with E-state index < -0.39 is 0 Å². The van der Waals surface area contributed by atoms with Crippen LogP contribution < -0.4 is 10.6 Å². The normalized spacial score (nSPS) is 13.6. The number of nitrogens with zero attached hydrogens (tertiary/aromatic N) is 3. The third kappa shape index (κ3) is 3.04. The van der Waals surface area contributed by atoms with E-state index in [0.29, 0.717) is 11.6 Å². The zero-order valence-electron chi connectivity index (χ0n) is 11.2. The molecule has 0 aliphatic heterocycles. The lowest BCUT2D eigenvalue weighted by atomic mass is 10.2. The number of hydrogen-bond acceptors (Lipinski definition) is 5. The minimum atomic E-state index is 0.562. The molecule has 1 aliphatic rings. The molecule has 0 spiro atoms. The maximum absolute atomic E-state index is 8.78. The molecule has 1 heterocycles. The number of aromatic nitrogens is 2. The van der Waals surface area contributed by atoms with Crippen molar-refractivity contribution in [2.24, 2.45) is 0 Å². The molecule has 100 valence electrons. The minimum absolute atomic E-state index is 0.562. The van der Waals surface area contributed by atoms with Gasteiger partial charge in [-0.15, -0.1) is 0 Å². The maximum Gasteiger partial charge on any atom is 0.136 e. The Bertz CT molecular complexity index is 653. The molecule has 20 heavy (non-hydrogen) atoms. The van der Waals surface area contributed by atoms with E-state index >= 15 is 0 Å². The van der Waals surface area contributed by atoms with Crippen LogP contribution in [0.15, 0.2) is 30.3 Å². The highest BCUT2D eigenvalue weighted by atomic mass is 15.1. The lowest BCUT2D eigenvalue weighted by Gasteiger charge is -2.09. The molecule has 3 rings (SSSR count). The summed E-state index contributed by atoms with van der Waals surface area (Å²) in [6.45, 7) is 1.88. The Morgan fingerprint density at radius 2 is 1.85 bits per heavy atom. The summed E-state index contributed by atoms with van der Waals surface area (Å²) < 4.78 is 0. The Morgan fingerprint density at radius 3 is 2.50 bits per heavy atom. The van der Waals surface area contributed by atoms with E-state index in [1.807, 2.05) is 25.1 Å². The van der Waals surface area contributed by atoms with Crippen LogP contribution in [0, 0.1) is 18.3 Å². The zero-order chi connectivity index (χ0) is 13.9. The van der Waals surface area contributed by atoms with Gasteiger partial charge in [-0.1, -0.05) is 0 Å². The first-order valence-electron chi connectivity index (χ1n) is 6.62. The standard InChI is InChI=1S/C15H15N5/c1-10-17-14(8-15(18-10)20-13-6-7-13)19-12-4-2-11(9-16)3-5-12/h2-5,8,13H,6-7H2,1H3,(H2,17,18,19,20). The molecule has 0 atom stereocenters. The van der Waals surface area contributed by atoms with Gasteiger partial charge in [0, 0.05) is 17.8 Å². The fraction of sp³-hybridized carbons (Fsp3) is 0.267. The highest BCUT2D eigenvalue weighted by Gasteiger charge is 2.21. The van der Waals surface area contributed by atoms with Gasteiger partial charge in [0.25, 0.3) is 0 Å². The van der Waals surface area contributed by atoms with E-state index in [9.17, 15) is 0 Å². The topological polar surface area (TPSA) is 73.6 Å². The number of hydrogen-bond donors (Lipinski definition) is 2. The molecular weight excluding hydrogens is 250 g/mol. The average molecular weight is 265 g/mol. The number of nitriles is 1. The van der Waals surface area contributed by atoms with E-state index in [0.717, 1.165) is 23.1 Å². The van der Waals surface area contributed by atoms with Gasteiger partial charge in [-0.05, 0) is 44.0 Å². The van der Waals surface area contributed by atoms with Gasteiger partial charge >= 0.3 is 0 Å². The summed E-state index contributed by atoms with van der Waals surface area (Å²) in [4.78, 5) is 8.75. The van der Waals surface area contributed by atoms with E-state index in [4.69, 9.17) is 5.26 Å². The van der Waals surface area contributed by atoms with Crippen molar-refractivity contribution in [3.63, 3.8) is 0 Å². The molecule has 0 amide bonds. The van der Waals surface area contributed by atoms with Crippen molar-refractivity contribution >= 4 is 17.3 Å². The summed E-state index contributed by atoms with van der Waals surface area (Å²) in [6.07, 6.45) is 2.42. The molecule has 0 bridgehead atoms. The summed E-state index contributed by atoms with van der Waals surface area (Å²) in [6, 6.07) is 11.9. The van der Waals surface area contributed by atoms with Crippen molar-refractivity contribution in [3.05, 3.63) is 41.7 Å². The van der Waals surface area contributed by atoms with Crippen LogP contribution in [0.2, 0.25) is 0 Å². The predicted octanol–water partition coefficient (Wildman–Crippen LogP) is 2.97. The Labute approximate surface area is 117 Å². The van der Waals surface area contributed by atoms with E-state index in [-0.39, 0.29) is 0 Å². The van der Waals surface area contributed by atoms with Crippen molar-refractivity contribution in [2.45, 2.75) is 25.8 Å². The smallest absolute Gasteiger partial charge is 0.136 e. The van der Waals surface area contributed by atoms with Crippen LogP contribution in [-0.4, -0.2) is 16.0 Å². The molecule has 1 aromatic carbocycles. The summed E-state index contributed by atoms with van der Waals surface area (Å²) in [5.41, 5.74) is 1.55. The fourth-order valence-corrected chi connectivity index (χ4v) is 1.92. The molecule has 0 saturated heterocycles. The Balaban J connectivity index is 1.78. The van der Waals surface area contributed by atoms with Gasteiger partial charge in [0.05, 0.1) is 11.6 Å². The molecule has 1 aromatic heterocycles. The highest BCUT2D eigenvalue weighted by molar-refractivity contribution is 5.60. The Hall–Kier alpha value is -2.61. The van der Waals surface area contributed by atoms with Crippen LogP contribution in [0.3, 0.4) is 0 Å². The lowest BCUT2D eigenvalue weighted by Crippen LogP contribution is -2.06. The number of benzene rings is 1. The Morgan fingerprint density at radius 1 is 1.15 bits per heavy atom. The molecule has 0 unspecified atom stereocenters. The van der Waals surface area contributed by atoms with Crippen LogP contribution >= 0.6 is 0 Å². The molecule has 2 aromatic rings. The Kier molecular flexibility index (Phi) is 3.21. The number of aryl methyl sites for hydroxylation is 1. The van der Waals surface area contributed by atoms with Gasteiger partial charge in [0.15, 0.2) is 0 Å². The van der Waals surface area contributed by atoms with Crippen LogP contribution in [0.25, 0.3) is 0 Å². The highest BCUT2D eigenvalue weighted by Crippen LogP contribution is 2.25. The van der Waals surface area contributed by atoms with Gasteiger partial charge in [-0.25, -0.2) is 9.97 Å². The van der Waals surface area contributed by atoms with Crippen molar-refractivity contribution in [1.29, 1.82) is 5.26 Å².